The Bertz CT molecular complexity index is 941. The second-order valence-corrected chi connectivity index (χ2v) is 8.27. The van der Waals surface area contributed by atoms with Gasteiger partial charge in [0.1, 0.15) is 5.75 Å². The number of methoxy groups -OCH3 is 1. The van der Waals surface area contributed by atoms with Gasteiger partial charge in [-0.05, 0) is 43.2 Å². The zero-order valence-corrected chi connectivity index (χ0v) is 18.8. The van der Waals surface area contributed by atoms with Gasteiger partial charge in [0.2, 0.25) is 5.91 Å². The summed E-state index contributed by atoms with van der Waals surface area (Å²) in [5.74, 6) is 0.108. The van der Waals surface area contributed by atoms with Crippen LogP contribution in [-0.4, -0.2) is 51.0 Å². The lowest BCUT2D eigenvalue weighted by Gasteiger charge is -2.32. The molecule has 0 aliphatic carbocycles. The van der Waals surface area contributed by atoms with E-state index in [1.165, 1.54) is 7.11 Å². The molecule has 3 rings (SSSR count). The van der Waals surface area contributed by atoms with E-state index in [1.807, 2.05) is 31.1 Å². The van der Waals surface area contributed by atoms with E-state index in [2.05, 4.69) is 5.32 Å². The van der Waals surface area contributed by atoms with Gasteiger partial charge < -0.3 is 19.9 Å². The summed E-state index contributed by atoms with van der Waals surface area (Å²) in [5.41, 5.74) is 1.88. The summed E-state index contributed by atoms with van der Waals surface area (Å²) in [7, 11) is 5.28. The Kier molecular flexibility index (Phi) is 7.10. The zero-order chi connectivity index (χ0) is 21.8. The highest BCUT2D eigenvalue weighted by molar-refractivity contribution is 6.34. The maximum atomic E-state index is 12.9. The number of nitrogens with zero attached hydrogens (tertiary/aromatic N) is 2. The summed E-state index contributed by atoms with van der Waals surface area (Å²) in [6.07, 6.45) is 1.16. The molecule has 8 heteroatoms. The molecule has 1 N–H and O–H groups in total. The number of carbonyl (C=O) groups is 2. The average Bonchev–Trinajstić information content (AvgIpc) is 2.73. The lowest BCUT2D eigenvalue weighted by molar-refractivity contribution is -0.121. The van der Waals surface area contributed by atoms with Crippen LogP contribution in [0.25, 0.3) is 0 Å². The molecule has 0 saturated carbocycles. The van der Waals surface area contributed by atoms with Gasteiger partial charge in [0, 0.05) is 38.1 Å². The van der Waals surface area contributed by atoms with Crippen LogP contribution in [0.15, 0.2) is 36.4 Å². The highest BCUT2D eigenvalue weighted by atomic mass is 35.5. The quantitative estimate of drug-likeness (QED) is 0.726. The monoisotopic (exact) mass is 449 g/mol. The Morgan fingerprint density at radius 1 is 1.13 bits per heavy atom. The Morgan fingerprint density at radius 2 is 1.83 bits per heavy atom. The predicted molar refractivity (Wildman–Crippen MR) is 121 cm³/mol. The van der Waals surface area contributed by atoms with E-state index in [1.54, 1.807) is 29.2 Å². The minimum absolute atomic E-state index is 0.0622. The van der Waals surface area contributed by atoms with Gasteiger partial charge in [0.25, 0.3) is 5.91 Å². The number of para-hydroxylation sites is 1. The molecule has 1 fully saturated rings. The van der Waals surface area contributed by atoms with Crippen molar-refractivity contribution in [2.24, 2.45) is 5.92 Å². The maximum absolute atomic E-state index is 12.9. The third kappa shape index (κ3) is 4.82. The molecule has 6 nitrogen and oxygen atoms in total. The maximum Gasteiger partial charge on any atom is 0.257 e. The van der Waals surface area contributed by atoms with Crippen LogP contribution in [0.3, 0.4) is 0 Å². The number of piperidine rings is 1. The second-order valence-electron chi connectivity index (χ2n) is 7.43. The largest absolute Gasteiger partial charge is 0.496 e. The lowest BCUT2D eigenvalue weighted by atomic mass is 9.95. The molecule has 0 spiro atoms. The fourth-order valence-electron chi connectivity index (χ4n) is 3.67. The Morgan fingerprint density at radius 3 is 2.47 bits per heavy atom. The van der Waals surface area contributed by atoms with Crippen molar-refractivity contribution >= 4 is 46.4 Å². The van der Waals surface area contributed by atoms with Crippen LogP contribution in [0.5, 0.6) is 5.75 Å². The SMILES string of the molecule is COc1ccc(Cl)cc1C(=O)N1CCC(C(=O)Nc2cccc(Cl)c2N(C)C)CC1. The zero-order valence-electron chi connectivity index (χ0n) is 17.2. The van der Waals surface area contributed by atoms with Crippen LogP contribution in [0.1, 0.15) is 23.2 Å². The van der Waals surface area contributed by atoms with E-state index in [9.17, 15) is 9.59 Å². The first-order valence-electron chi connectivity index (χ1n) is 9.71. The minimum atomic E-state index is -0.177. The van der Waals surface area contributed by atoms with Gasteiger partial charge in [-0.1, -0.05) is 29.3 Å². The van der Waals surface area contributed by atoms with Gasteiger partial charge >= 0.3 is 0 Å². The molecule has 2 amide bonds. The average molecular weight is 450 g/mol. The van der Waals surface area contributed by atoms with E-state index in [-0.39, 0.29) is 17.7 Å². The Labute approximate surface area is 186 Å². The van der Waals surface area contributed by atoms with Crippen molar-refractivity contribution in [3.8, 4) is 5.75 Å². The topological polar surface area (TPSA) is 61.9 Å². The van der Waals surface area contributed by atoms with Crippen LogP contribution in [0.2, 0.25) is 10.0 Å². The lowest BCUT2D eigenvalue weighted by Crippen LogP contribution is -2.41. The van der Waals surface area contributed by atoms with Crippen molar-refractivity contribution < 1.29 is 14.3 Å². The first-order chi connectivity index (χ1) is 14.3. The van der Waals surface area contributed by atoms with E-state index in [0.717, 1.165) is 5.69 Å². The van der Waals surface area contributed by atoms with Crippen LogP contribution in [0, 0.1) is 5.92 Å². The van der Waals surface area contributed by atoms with Crippen molar-refractivity contribution in [1.82, 2.24) is 4.90 Å². The second kappa shape index (κ2) is 9.58. The van der Waals surface area contributed by atoms with Crippen LogP contribution >= 0.6 is 23.2 Å². The molecule has 1 aliphatic heterocycles. The fourth-order valence-corrected chi connectivity index (χ4v) is 4.18. The summed E-state index contributed by atoms with van der Waals surface area (Å²) in [6.45, 7) is 0.978. The molecule has 0 aromatic heterocycles. The summed E-state index contributed by atoms with van der Waals surface area (Å²) in [5, 5.41) is 4.05. The van der Waals surface area contributed by atoms with E-state index in [4.69, 9.17) is 27.9 Å². The molecule has 160 valence electrons. The molecular weight excluding hydrogens is 425 g/mol. The number of nitrogens with one attached hydrogen (secondary N) is 1. The van der Waals surface area contributed by atoms with Crippen LogP contribution < -0.4 is 15.0 Å². The predicted octanol–water partition coefficient (Wildman–Crippen LogP) is 4.56. The standard InChI is InChI=1S/C22H25Cl2N3O3/c1-26(2)20-17(24)5-4-6-18(20)25-21(28)14-9-11-27(12-10-14)22(29)16-13-15(23)7-8-19(16)30-3/h4-8,13-14H,9-12H2,1-3H3,(H,25,28). The van der Waals surface area contributed by atoms with Crippen molar-refractivity contribution in [2.45, 2.75) is 12.8 Å². The highest BCUT2D eigenvalue weighted by Crippen LogP contribution is 2.33. The molecule has 0 bridgehead atoms. The molecule has 2 aromatic carbocycles. The first kappa shape index (κ1) is 22.2. The molecule has 0 atom stereocenters. The van der Waals surface area contributed by atoms with Crippen LogP contribution in [0.4, 0.5) is 11.4 Å². The smallest absolute Gasteiger partial charge is 0.257 e. The molecule has 1 heterocycles. The number of likely N-dealkylation sites (tertiary alicyclic amines) is 1. The van der Waals surface area contributed by atoms with Crippen molar-refractivity contribution in [3.05, 3.63) is 52.0 Å². The molecule has 30 heavy (non-hydrogen) atoms. The van der Waals surface area contributed by atoms with Gasteiger partial charge in [0.05, 0.1) is 29.1 Å². The Balaban J connectivity index is 1.65. The number of benzene rings is 2. The van der Waals surface area contributed by atoms with Crippen LogP contribution in [-0.2, 0) is 4.79 Å². The van der Waals surface area contributed by atoms with Crippen molar-refractivity contribution in [3.63, 3.8) is 0 Å². The number of carbonyl (C=O) groups excluding carboxylic acids is 2. The number of hydrogen-bond donors (Lipinski definition) is 1. The van der Waals surface area contributed by atoms with Crippen molar-refractivity contribution in [1.29, 1.82) is 0 Å². The Hall–Kier alpha value is -2.44. The van der Waals surface area contributed by atoms with E-state index in [0.29, 0.717) is 53.0 Å². The van der Waals surface area contributed by atoms with Gasteiger partial charge in [-0.2, -0.15) is 0 Å². The third-order valence-electron chi connectivity index (χ3n) is 5.24. The summed E-state index contributed by atoms with van der Waals surface area (Å²) in [6, 6.07) is 10.4. The summed E-state index contributed by atoms with van der Waals surface area (Å²) >= 11 is 12.3. The number of hydrogen-bond acceptors (Lipinski definition) is 4. The molecule has 1 saturated heterocycles. The number of rotatable bonds is 5. The molecule has 0 radical (unpaired) electrons. The van der Waals surface area contributed by atoms with Gasteiger partial charge in [-0.3, -0.25) is 9.59 Å². The first-order valence-corrected chi connectivity index (χ1v) is 10.5. The van der Waals surface area contributed by atoms with E-state index < -0.39 is 0 Å². The highest BCUT2D eigenvalue weighted by Gasteiger charge is 2.29. The summed E-state index contributed by atoms with van der Waals surface area (Å²) < 4.78 is 5.29. The van der Waals surface area contributed by atoms with Gasteiger partial charge in [0.15, 0.2) is 0 Å². The number of anilines is 2. The fraction of sp³-hybridized carbons (Fsp3) is 0.364. The molecule has 0 unspecified atom stereocenters. The third-order valence-corrected chi connectivity index (χ3v) is 5.78. The van der Waals surface area contributed by atoms with E-state index >= 15 is 0 Å². The number of halogens is 2. The number of ether oxygens (including phenoxy) is 1. The molecule has 1 aliphatic rings. The molecule has 2 aromatic rings. The number of amides is 2. The minimum Gasteiger partial charge on any atom is -0.496 e. The summed E-state index contributed by atoms with van der Waals surface area (Å²) in [4.78, 5) is 29.4. The van der Waals surface area contributed by atoms with Gasteiger partial charge in [-0.25, -0.2) is 0 Å². The van der Waals surface area contributed by atoms with Gasteiger partial charge in [-0.15, -0.1) is 0 Å². The van der Waals surface area contributed by atoms with Crippen molar-refractivity contribution in [2.75, 3.05) is 44.5 Å². The normalized spacial score (nSPS) is 14.4. The molecular formula is C22H25Cl2N3O3.